The molecule has 1 unspecified atom stereocenters. The minimum Gasteiger partial charge on any atom is -0.285 e. The highest BCUT2D eigenvalue weighted by Gasteiger charge is 2.41. The van der Waals surface area contributed by atoms with E-state index in [9.17, 15) is 35.9 Å². The van der Waals surface area contributed by atoms with E-state index in [1.165, 1.54) is 0 Å². The number of likely N-dealkylation sites (N-methyl/N-ethyl adjacent to an activating group) is 1. The fourth-order valence-corrected chi connectivity index (χ4v) is 2.20. The molecule has 120 valence electrons. The van der Waals surface area contributed by atoms with Gasteiger partial charge in [0.2, 0.25) is 11.8 Å². The molecule has 9 heteroatoms. The number of likely N-dealkylation sites (tertiary alicyclic amines) is 1. The first-order chi connectivity index (χ1) is 9.91. The molecule has 3 nitrogen and oxygen atoms in total. The second-order valence-corrected chi connectivity index (χ2v) is 4.89. The summed E-state index contributed by atoms with van der Waals surface area (Å²) in [6.45, 7) is 0. The summed E-state index contributed by atoms with van der Waals surface area (Å²) in [5, 5.41) is 0. The molecule has 1 aromatic carbocycles. The summed E-state index contributed by atoms with van der Waals surface area (Å²) in [5.41, 5.74) is -3.48. The summed E-state index contributed by atoms with van der Waals surface area (Å²) in [6, 6.07) is 0.933. The van der Waals surface area contributed by atoms with Crippen molar-refractivity contribution in [2.75, 3.05) is 7.05 Å². The van der Waals surface area contributed by atoms with Crippen LogP contribution in [0.5, 0.6) is 0 Å². The van der Waals surface area contributed by atoms with Gasteiger partial charge in [-0.15, -0.1) is 0 Å². The Labute approximate surface area is 120 Å². The summed E-state index contributed by atoms with van der Waals surface area (Å²) in [5.74, 6) is -2.81. The lowest BCUT2D eigenvalue weighted by atomic mass is 9.93. The van der Waals surface area contributed by atoms with Crippen molar-refractivity contribution >= 4 is 11.8 Å². The van der Waals surface area contributed by atoms with Gasteiger partial charge in [-0.05, 0) is 23.8 Å². The molecule has 1 aromatic rings. The Morgan fingerprint density at radius 3 is 1.73 bits per heavy atom. The second kappa shape index (κ2) is 4.99. The largest absolute Gasteiger partial charge is 0.416 e. The average Bonchev–Trinajstić information content (AvgIpc) is 2.64. The zero-order valence-electron chi connectivity index (χ0n) is 11.0. The Kier molecular flexibility index (Phi) is 3.70. The maximum atomic E-state index is 12.7. The predicted octanol–water partition coefficient (Wildman–Crippen LogP) is 3.20. The van der Waals surface area contributed by atoms with Gasteiger partial charge in [0.05, 0.1) is 17.0 Å². The van der Waals surface area contributed by atoms with E-state index >= 15 is 0 Å². The van der Waals surface area contributed by atoms with E-state index in [1.807, 2.05) is 0 Å². The van der Waals surface area contributed by atoms with Crippen LogP contribution in [0.4, 0.5) is 26.3 Å². The third-order valence-corrected chi connectivity index (χ3v) is 3.39. The number of carbonyl (C=O) groups excluding carboxylic acids is 2. The summed E-state index contributed by atoms with van der Waals surface area (Å²) in [4.78, 5) is 23.9. The first kappa shape index (κ1) is 16.3. The lowest BCUT2D eigenvalue weighted by Gasteiger charge is -2.16. The van der Waals surface area contributed by atoms with Crippen molar-refractivity contribution in [2.45, 2.75) is 24.7 Å². The molecule has 0 aromatic heterocycles. The van der Waals surface area contributed by atoms with Crippen LogP contribution in [-0.2, 0) is 21.9 Å². The van der Waals surface area contributed by atoms with Crippen molar-refractivity contribution in [3.63, 3.8) is 0 Å². The number of imide groups is 1. The van der Waals surface area contributed by atoms with Gasteiger partial charge < -0.3 is 0 Å². The molecule has 0 spiro atoms. The first-order valence-corrected chi connectivity index (χ1v) is 6.01. The van der Waals surface area contributed by atoms with E-state index in [1.54, 1.807) is 0 Å². The van der Waals surface area contributed by atoms with Crippen LogP contribution in [0, 0.1) is 0 Å². The molecule has 0 aliphatic carbocycles. The molecule has 1 aliphatic heterocycles. The van der Waals surface area contributed by atoms with E-state index in [4.69, 9.17) is 0 Å². The molecule has 2 rings (SSSR count). The molecular weight excluding hydrogens is 316 g/mol. The van der Waals surface area contributed by atoms with Crippen molar-refractivity contribution in [1.29, 1.82) is 0 Å². The maximum Gasteiger partial charge on any atom is 0.416 e. The van der Waals surface area contributed by atoms with E-state index in [0.29, 0.717) is 17.0 Å². The van der Waals surface area contributed by atoms with Crippen LogP contribution in [-0.4, -0.2) is 23.8 Å². The first-order valence-electron chi connectivity index (χ1n) is 6.01. The molecule has 1 heterocycles. The lowest BCUT2D eigenvalue weighted by Crippen LogP contribution is -2.25. The Hall–Kier alpha value is -2.06. The minimum absolute atomic E-state index is 0.0194. The smallest absolute Gasteiger partial charge is 0.285 e. The molecule has 1 fully saturated rings. The van der Waals surface area contributed by atoms with Gasteiger partial charge in [0.25, 0.3) is 0 Å². The van der Waals surface area contributed by atoms with Gasteiger partial charge in [0.15, 0.2) is 0 Å². The van der Waals surface area contributed by atoms with Gasteiger partial charge in [-0.3, -0.25) is 14.5 Å². The zero-order valence-corrected chi connectivity index (χ0v) is 11.0. The van der Waals surface area contributed by atoms with Gasteiger partial charge in [-0.25, -0.2) is 0 Å². The minimum atomic E-state index is -4.99. The number of hydrogen-bond donors (Lipinski definition) is 0. The van der Waals surface area contributed by atoms with Crippen molar-refractivity contribution in [1.82, 2.24) is 4.90 Å². The number of nitrogens with zero attached hydrogens (tertiary/aromatic N) is 1. The van der Waals surface area contributed by atoms with E-state index in [-0.39, 0.29) is 6.07 Å². The molecule has 0 saturated carbocycles. The van der Waals surface area contributed by atoms with Crippen LogP contribution in [0.25, 0.3) is 0 Å². The average molecular weight is 325 g/mol. The summed E-state index contributed by atoms with van der Waals surface area (Å²) in [6.07, 6.45) is -10.4. The highest BCUT2D eigenvalue weighted by atomic mass is 19.4. The third-order valence-electron chi connectivity index (χ3n) is 3.39. The molecule has 1 aliphatic rings. The Bertz CT molecular complexity index is 602. The van der Waals surface area contributed by atoms with Gasteiger partial charge in [-0.2, -0.15) is 26.3 Å². The SMILES string of the molecule is CN1C(=O)CC(c2cc(C(F)(F)F)cc(C(F)(F)F)c2)C1=O. The third kappa shape index (κ3) is 2.93. The molecule has 1 saturated heterocycles. The van der Waals surface area contributed by atoms with Crippen LogP contribution in [0.2, 0.25) is 0 Å². The number of rotatable bonds is 1. The Morgan fingerprint density at radius 1 is 0.955 bits per heavy atom. The van der Waals surface area contributed by atoms with Crippen LogP contribution in [0.3, 0.4) is 0 Å². The molecule has 0 bridgehead atoms. The Morgan fingerprint density at radius 2 is 1.41 bits per heavy atom. The number of benzene rings is 1. The van der Waals surface area contributed by atoms with Crippen molar-refractivity contribution < 1.29 is 35.9 Å². The lowest BCUT2D eigenvalue weighted by molar-refractivity contribution is -0.143. The van der Waals surface area contributed by atoms with Gasteiger partial charge in [0, 0.05) is 13.5 Å². The highest BCUT2D eigenvalue weighted by molar-refractivity contribution is 6.05. The fraction of sp³-hybridized carbons (Fsp3) is 0.385. The summed E-state index contributed by atoms with van der Waals surface area (Å²) in [7, 11) is 1.13. The number of halogens is 6. The molecular formula is C13H9F6NO2. The summed E-state index contributed by atoms with van der Waals surface area (Å²) < 4.78 is 76.5. The van der Waals surface area contributed by atoms with Crippen molar-refractivity contribution in [2.24, 2.45) is 0 Å². The monoisotopic (exact) mass is 325 g/mol. The van der Waals surface area contributed by atoms with E-state index in [0.717, 1.165) is 7.05 Å². The normalized spacial score (nSPS) is 20.0. The Balaban J connectivity index is 2.57. The highest BCUT2D eigenvalue weighted by Crippen LogP contribution is 2.39. The van der Waals surface area contributed by atoms with Gasteiger partial charge in [-0.1, -0.05) is 0 Å². The number of hydrogen-bond acceptors (Lipinski definition) is 2. The number of alkyl halides is 6. The second-order valence-electron chi connectivity index (χ2n) is 4.89. The van der Waals surface area contributed by atoms with E-state index < -0.39 is 53.2 Å². The van der Waals surface area contributed by atoms with Gasteiger partial charge >= 0.3 is 12.4 Å². The molecule has 1 atom stereocenters. The number of carbonyl (C=O) groups is 2. The molecule has 22 heavy (non-hydrogen) atoms. The van der Waals surface area contributed by atoms with Crippen molar-refractivity contribution in [3.8, 4) is 0 Å². The summed E-state index contributed by atoms with van der Waals surface area (Å²) >= 11 is 0. The fourth-order valence-electron chi connectivity index (χ4n) is 2.20. The van der Waals surface area contributed by atoms with Crippen LogP contribution < -0.4 is 0 Å². The van der Waals surface area contributed by atoms with Crippen LogP contribution in [0.15, 0.2) is 18.2 Å². The quantitative estimate of drug-likeness (QED) is 0.587. The zero-order chi connectivity index (χ0) is 16.9. The van der Waals surface area contributed by atoms with Crippen LogP contribution >= 0.6 is 0 Å². The van der Waals surface area contributed by atoms with Gasteiger partial charge in [0.1, 0.15) is 0 Å². The van der Waals surface area contributed by atoms with E-state index in [2.05, 4.69) is 0 Å². The number of amides is 2. The van der Waals surface area contributed by atoms with Crippen molar-refractivity contribution in [3.05, 3.63) is 34.9 Å². The standard InChI is InChI=1S/C13H9F6NO2/c1-20-10(21)5-9(11(20)22)6-2-7(12(14,15)16)4-8(3-6)13(17,18)19/h2-4,9H,5H2,1H3. The maximum absolute atomic E-state index is 12.7. The topological polar surface area (TPSA) is 37.4 Å². The van der Waals surface area contributed by atoms with Crippen LogP contribution in [0.1, 0.15) is 29.0 Å². The molecule has 0 radical (unpaired) electrons. The molecule has 2 amide bonds. The predicted molar refractivity (Wildman–Crippen MR) is 61.6 cm³/mol. The molecule has 0 N–H and O–H groups in total.